The summed E-state index contributed by atoms with van der Waals surface area (Å²) in [5, 5.41) is 0. The molecule has 132 valence electrons. The maximum atomic E-state index is 8.25. The summed E-state index contributed by atoms with van der Waals surface area (Å²) >= 11 is 0. The van der Waals surface area contributed by atoms with Crippen LogP contribution in [-0.2, 0) is 0 Å². The van der Waals surface area contributed by atoms with Crippen LogP contribution in [0.2, 0.25) is 0 Å². The summed E-state index contributed by atoms with van der Waals surface area (Å²) in [6.45, 7) is 8.25. The molecule has 2 nitrogen and oxygen atoms in total. The van der Waals surface area contributed by atoms with Gasteiger partial charge in [-0.2, -0.15) is 0 Å². The van der Waals surface area contributed by atoms with Crippen molar-refractivity contribution in [2.75, 3.05) is 7.05 Å². The van der Waals surface area contributed by atoms with Gasteiger partial charge in [0.2, 0.25) is 0 Å². The Morgan fingerprint density at radius 1 is 1.16 bits per heavy atom. The number of fused-ring (bicyclic) bond motifs is 2. The molecule has 2 fully saturated rings. The van der Waals surface area contributed by atoms with E-state index in [0.717, 1.165) is 37.8 Å². The summed E-state index contributed by atoms with van der Waals surface area (Å²) in [7, 11) is 2.31. The number of piperidine rings is 1. The number of hydrogen-bond acceptors (Lipinski definition) is 1. The molecule has 0 amide bonds. The highest BCUT2D eigenvalue weighted by molar-refractivity contribution is 5.37. The normalized spacial score (nSPS) is 36.7. The van der Waals surface area contributed by atoms with Crippen molar-refractivity contribution in [1.29, 1.82) is 0 Å². The van der Waals surface area contributed by atoms with Crippen LogP contribution in [0.3, 0.4) is 0 Å². The first-order chi connectivity index (χ1) is 12.2. The third-order valence-corrected chi connectivity index (χ3v) is 7.16. The quantitative estimate of drug-likeness (QED) is 0.632. The van der Waals surface area contributed by atoms with E-state index in [2.05, 4.69) is 59.3 Å². The molecule has 5 atom stereocenters. The molecule has 0 saturated carbocycles. The van der Waals surface area contributed by atoms with Crippen LogP contribution in [-0.4, -0.2) is 29.6 Å². The van der Waals surface area contributed by atoms with Crippen molar-refractivity contribution in [2.24, 2.45) is 11.8 Å². The molecular weight excluding hydrogens is 304 g/mol. The maximum Gasteiger partial charge on any atom is 0.260 e. The fraction of sp³-hybridized carbons (Fsp3) is 0.609. The van der Waals surface area contributed by atoms with Crippen LogP contribution < -0.4 is 0 Å². The van der Waals surface area contributed by atoms with E-state index in [-0.39, 0.29) is 5.54 Å². The molecule has 0 aromatic heterocycles. The van der Waals surface area contributed by atoms with Gasteiger partial charge in [-0.1, -0.05) is 42.5 Å². The first-order valence-electron chi connectivity index (χ1n) is 10.0. The minimum Gasteiger partial charge on any atom is -0.305 e. The second kappa shape index (κ2) is 6.96. The zero-order valence-corrected chi connectivity index (χ0v) is 15.4. The van der Waals surface area contributed by atoms with Gasteiger partial charge in [0.25, 0.3) is 5.54 Å². The van der Waals surface area contributed by atoms with E-state index in [0.29, 0.717) is 11.8 Å². The van der Waals surface area contributed by atoms with Gasteiger partial charge in [-0.05, 0) is 57.9 Å². The third kappa shape index (κ3) is 3.04. The van der Waals surface area contributed by atoms with Crippen molar-refractivity contribution in [3.63, 3.8) is 0 Å². The van der Waals surface area contributed by atoms with Crippen LogP contribution >= 0.6 is 0 Å². The van der Waals surface area contributed by atoms with Crippen molar-refractivity contribution in [3.05, 3.63) is 59.5 Å². The van der Waals surface area contributed by atoms with Crippen LogP contribution in [0.15, 0.2) is 48.1 Å². The molecule has 25 heavy (non-hydrogen) atoms. The molecule has 4 aliphatic rings. The van der Waals surface area contributed by atoms with Gasteiger partial charge in [0.05, 0.1) is 5.92 Å². The highest BCUT2D eigenvalue weighted by Crippen LogP contribution is 2.48. The Labute approximate surface area is 152 Å². The van der Waals surface area contributed by atoms with Crippen LogP contribution in [0.1, 0.15) is 51.4 Å². The van der Waals surface area contributed by atoms with Gasteiger partial charge < -0.3 is 9.74 Å². The average molecular weight is 335 g/mol. The zero-order valence-electron chi connectivity index (χ0n) is 15.4. The van der Waals surface area contributed by atoms with Gasteiger partial charge in [0, 0.05) is 24.1 Å². The van der Waals surface area contributed by atoms with Crippen LogP contribution in [0.25, 0.3) is 4.85 Å². The highest BCUT2D eigenvalue weighted by Gasteiger charge is 2.51. The average Bonchev–Trinajstić information content (AvgIpc) is 2.88. The van der Waals surface area contributed by atoms with Gasteiger partial charge in [0.1, 0.15) is 0 Å². The van der Waals surface area contributed by atoms with Gasteiger partial charge in [-0.3, -0.25) is 0 Å². The summed E-state index contributed by atoms with van der Waals surface area (Å²) in [6.07, 6.45) is 25.1. The fourth-order valence-corrected chi connectivity index (χ4v) is 5.75. The Morgan fingerprint density at radius 3 is 2.56 bits per heavy atom. The second-order valence-corrected chi connectivity index (χ2v) is 8.44. The molecule has 0 spiro atoms. The van der Waals surface area contributed by atoms with Crippen molar-refractivity contribution in [2.45, 2.75) is 69.0 Å². The Balaban J connectivity index is 1.62. The van der Waals surface area contributed by atoms with E-state index in [1.165, 1.54) is 31.3 Å². The van der Waals surface area contributed by atoms with Crippen LogP contribution in [0.4, 0.5) is 0 Å². The molecule has 2 heterocycles. The molecule has 0 N–H and O–H groups in total. The smallest absolute Gasteiger partial charge is 0.260 e. The van der Waals surface area contributed by atoms with Crippen molar-refractivity contribution in [3.8, 4) is 0 Å². The Bertz CT molecular complexity index is 648. The monoisotopic (exact) mass is 334 g/mol. The number of hydrogen-bond donors (Lipinski definition) is 0. The van der Waals surface area contributed by atoms with Gasteiger partial charge in [-0.15, -0.1) is 0 Å². The largest absolute Gasteiger partial charge is 0.305 e. The summed E-state index contributed by atoms with van der Waals surface area (Å²) in [4.78, 5) is 7.01. The Morgan fingerprint density at radius 2 is 1.96 bits per heavy atom. The molecule has 2 heteroatoms. The van der Waals surface area contributed by atoms with E-state index >= 15 is 0 Å². The minimum atomic E-state index is -0.327. The lowest BCUT2D eigenvalue weighted by Gasteiger charge is -2.40. The molecule has 0 aromatic rings. The predicted octanol–water partition coefficient (Wildman–Crippen LogP) is 5.32. The fourth-order valence-electron chi connectivity index (χ4n) is 5.75. The number of rotatable bonds is 4. The first-order valence-corrected chi connectivity index (χ1v) is 10.0. The summed E-state index contributed by atoms with van der Waals surface area (Å²) in [5.74, 6) is 1.04. The van der Waals surface area contributed by atoms with Gasteiger partial charge in [-0.25, -0.2) is 6.57 Å². The Kier molecular flexibility index (Phi) is 4.69. The lowest BCUT2D eigenvalue weighted by Crippen LogP contribution is -2.44. The molecule has 0 aromatic carbocycles. The van der Waals surface area contributed by atoms with E-state index in [1.807, 2.05) is 0 Å². The molecule has 2 saturated heterocycles. The van der Waals surface area contributed by atoms with Gasteiger partial charge >= 0.3 is 0 Å². The zero-order chi connectivity index (χ0) is 17.3. The second-order valence-electron chi connectivity index (χ2n) is 8.44. The van der Waals surface area contributed by atoms with Crippen molar-refractivity contribution in [1.82, 2.24) is 4.90 Å². The highest BCUT2D eigenvalue weighted by atomic mass is 15.2. The first kappa shape index (κ1) is 16.9. The van der Waals surface area contributed by atoms with Gasteiger partial charge in [0.15, 0.2) is 0 Å². The topological polar surface area (TPSA) is 7.60 Å². The minimum absolute atomic E-state index is 0.327. The Hall–Kier alpha value is -1.59. The van der Waals surface area contributed by atoms with Crippen LogP contribution in [0.5, 0.6) is 0 Å². The molecule has 2 bridgehead atoms. The molecule has 4 rings (SSSR count). The number of nitrogens with zero attached hydrogens (tertiary/aromatic N) is 2. The standard InChI is InChI=1S/C23H30N2/c1-24-23(19-9-5-3-6-10-19,20-11-7-4-8-12-20)17-18-15-21-13-14-22(16-18)25(21)2/h3-7,9,11,18-19,21-22H,8,10,12-17H2,2H3/t18?,19-,21-,22+,23-/m0/s1. The van der Waals surface area contributed by atoms with Crippen molar-refractivity contribution < 1.29 is 0 Å². The maximum absolute atomic E-state index is 8.25. The van der Waals surface area contributed by atoms with Crippen molar-refractivity contribution >= 4 is 0 Å². The van der Waals surface area contributed by atoms with E-state index in [9.17, 15) is 0 Å². The van der Waals surface area contributed by atoms with E-state index in [1.54, 1.807) is 0 Å². The molecule has 2 aliphatic carbocycles. The van der Waals surface area contributed by atoms with Crippen LogP contribution in [0, 0.1) is 18.4 Å². The summed E-state index contributed by atoms with van der Waals surface area (Å²) in [6, 6.07) is 1.52. The lowest BCUT2D eigenvalue weighted by atomic mass is 9.67. The molecule has 1 unspecified atom stereocenters. The molecule has 2 aliphatic heterocycles. The molecular formula is C23H30N2. The third-order valence-electron chi connectivity index (χ3n) is 7.16. The molecule has 0 radical (unpaired) electrons. The van der Waals surface area contributed by atoms with E-state index < -0.39 is 0 Å². The lowest BCUT2D eigenvalue weighted by molar-refractivity contribution is 0.118. The SMILES string of the molecule is [C-]#[N+][C@](CC1C[C@H]2CC[C@@H](C1)N2C)(C1=CC=CCC1)[C@H]1C=CC=CC1. The predicted molar refractivity (Wildman–Crippen MR) is 104 cm³/mol. The summed E-state index contributed by atoms with van der Waals surface area (Å²) in [5.41, 5.74) is 1.06. The summed E-state index contributed by atoms with van der Waals surface area (Å²) < 4.78 is 0. The number of allylic oxidation sites excluding steroid dienone is 6. The van der Waals surface area contributed by atoms with E-state index in [4.69, 9.17) is 6.57 Å².